The van der Waals surface area contributed by atoms with Gasteiger partial charge in [0.25, 0.3) is 0 Å². The highest BCUT2D eigenvalue weighted by Gasteiger charge is 2.16. The highest BCUT2D eigenvalue weighted by atomic mass is 16.5. The smallest absolute Gasteiger partial charge is 0.155 e. The number of rotatable bonds is 3. The zero-order valence-electron chi connectivity index (χ0n) is 8.69. The van der Waals surface area contributed by atoms with E-state index in [9.17, 15) is 4.79 Å². The van der Waals surface area contributed by atoms with E-state index >= 15 is 0 Å². The molecule has 0 bridgehead atoms. The van der Waals surface area contributed by atoms with Crippen molar-refractivity contribution in [2.75, 3.05) is 0 Å². The SMILES string of the molecule is O=Cc1cnccc1OC1CCCCC1. The van der Waals surface area contributed by atoms with E-state index in [4.69, 9.17) is 4.74 Å². The third-order valence-corrected chi connectivity index (χ3v) is 2.78. The molecule has 0 spiro atoms. The summed E-state index contributed by atoms with van der Waals surface area (Å²) in [6.07, 6.45) is 10.2. The Morgan fingerprint density at radius 3 is 2.87 bits per heavy atom. The molecule has 0 amide bonds. The normalized spacial score (nSPS) is 17.3. The molecule has 1 aromatic heterocycles. The van der Waals surface area contributed by atoms with Crippen LogP contribution in [-0.2, 0) is 0 Å². The van der Waals surface area contributed by atoms with Gasteiger partial charge in [-0.05, 0) is 31.7 Å². The lowest BCUT2D eigenvalue weighted by Crippen LogP contribution is -2.20. The van der Waals surface area contributed by atoms with Crippen LogP contribution in [0.1, 0.15) is 42.5 Å². The second-order valence-electron chi connectivity index (χ2n) is 3.91. The number of ether oxygens (including phenoxy) is 1. The van der Waals surface area contributed by atoms with Crippen molar-refractivity contribution in [3.05, 3.63) is 24.0 Å². The van der Waals surface area contributed by atoms with Gasteiger partial charge < -0.3 is 4.74 Å². The molecule has 1 aliphatic rings. The van der Waals surface area contributed by atoms with Crippen molar-refractivity contribution in [3.8, 4) is 5.75 Å². The van der Waals surface area contributed by atoms with Gasteiger partial charge in [-0.25, -0.2) is 0 Å². The van der Waals surface area contributed by atoms with Crippen LogP contribution < -0.4 is 4.74 Å². The van der Waals surface area contributed by atoms with Crippen LogP contribution >= 0.6 is 0 Å². The minimum absolute atomic E-state index is 0.278. The van der Waals surface area contributed by atoms with Crippen LogP contribution in [-0.4, -0.2) is 17.4 Å². The Labute approximate surface area is 89.5 Å². The van der Waals surface area contributed by atoms with Crippen LogP contribution in [0.15, 0.2) is 18.5 Å². The van der Waals surface area contributed by atoms with Crippen molar-refractivity contribution in [2.24, 2.45) is 0 Å². The second kappa shape index (κ2) is 4.91. The molecule has 15 heavy (non-hydrogen) atoms. The van der Waals surface area contributed by atoms with Gasteiger partial charge in [0.2, 0.25) is 0 Å². The van der Waals surface area contributed by atoms with E-state index < -0.39 is 0 Å². The average molecular weight is 205 g/mol. The Morgan fingerprint density at radius 2 is 2.13 bits per heavy atom. The molecule has 1 aromatic rings. The van der Waals surface area contributed by atoms with Gasteiger partial charge in [-0.2, -0.15) is 0 Å². The molecule has 2 rings (SSSR count). The fraction of sp³-hybridized carbons (Fsp3) is 0.500. The molecular formula is C12H15NO2. The standard InChI is InChI=1S/C12H15NO2/c14-9-10-8-13-7-6-12(10)15-11-4-2-1-3-5-11/h6-9,11H,1-5H2. The number of hydrogen-bond acceptors (Lipinski definition) is 3. The summed E-state index contributed by atoms with van der Waals surface area (Å²) in [4.78, 5) is 14.6. The van der Waals surface area contributed by atoms with Crippen LogP contribution in [0.3, 0.4) is 0 Å². The van der Waals surface area contributed by atoms with E-state index in [-0.39, 0.29) is 6.10 Å². The molecule has 1 heterocycles. The van der Waals surface area contributed by atoms with Crippen molar-refractivity contribution in [3.63, 3.8) is 0 Å². The fourth-order valence-corrected chi connectivity index (χ4v) is 1.95. The molecule has 1 saturated carbocycles. The van der Waals surface area contributed by atoms with E-state index in [1.54, 1.807) is 18.5 Å². The number of hydrogen-bond donors (Lipinski definition) is 0. The van der Waals surface area contributed by atoms with Crippen LogP contribution in [0, 0.1) is 0 Å². The minimum atomic E-state index is 0.278. The predicted molar refractivity (Wildman–Crippen MR) is 57.1 cm³/mol. The molecule has 1 aliphatic carbocycles. The molecule has 0 aromatic carbocycles. The molecule has 3 nitrogen and oxygen atoms in total. The second-order valence-corrected chi connectivity index (χ2v) is 3.91. The topological polar surface area (TPSA) is 39.2 Å². The Bertz CT molecular complexity index is 332. The molecule has 0 aliphatic heterocycles. The molecule has 1 fully saturated rings. The minimum Gasteiger partial charge on any atom is -0.490 e. The van der Waals surface area contributed by atoms with Gasteiger partial charge in [0.15, 0.2) is 6.29 Å². The van der Waals surface area contributed by atoms with Crippen LogP contribution in [0.4, 0.5) is 0 Å². The van der Waals surface area contributed by atoms with Crippen molar-refractivity contribution in [1.82, 2.24) is 4.98 Å². The molecule has 80 valence electrons. The van der Waals surface area contributed by atoms with Crippen LogP contribution in [0.5, 0.6) is 5.75 Å². The molecule has 0 N–H and O–H groups in total. The first kappa shape index (κ1) is 10.1. The summed E-state index contributed by atoms with van der Waals surface area (Å²) in [5.74, 6) is 0.673. The molecular weight excluding hydrogens is 190 g/mol. The van der Waals surface area contributed by atoms with E-state index in [1.807, 2.05) is 0 Å². The largest absolute Gasteiger partial charge is 0.490 e. The van der Waals surface area contributed by atoms with E-state index in [0.717, 1.165) is 19.1 Å². The lowest BCUT2D eigenvalue weighted by molar-refractivity contribution is 0.110. The summed E-state index contributed by atoms with van der Waals surface area (Å²) < 4.78 is 5.81. The van der Waals surface area contributed by atoms with Gasteiger partial charge in [-0.15, -0.1) is 0 Å². The lowest BCUT2D eigenvalue weighted by atomic mass is 9.98. The van der Waals surface area contributed by atoms with Gasteiger partial charge in [0.1, 0.15) is 5.75 Å². The molecule has 0 atom stereocenters. The van der Waals surface area contributed by atoms with Crippen molar-refractivity contribution in [2.45, 2.75) is 38.2 Å². The van der Waals surface area contributed by atoms with Gasteiger partial charge in [-0.3, -0.25) is 9.78 Å². The predicted octanol–water partition coefficient (Wildman–Crippen LogP) is 2.61. The first-order chi connectivity index (χ1) is 7.40. The monoisotopic (exact) mass is 205 g/mol. The number of aromatic nitrogens is 1. The third-order valence-electron chi connectivity index (χ3n) is 2.78. The maximum absolute atomic E-state index is 10.7. The number of aldehydes is 1. The van der Waals surface area contributed by atoms with E-state index in [0.29, 0.717) is 11.3 Å². The Morgan fingerprint density at radius 1 is 1.33 bits per heavy atom. The summed E-state index contributed by atoms with van der Waals surface area (Å²) in [6.45, 7) is 0. The lowest BCUT2D eigenvalue weighted by Gasteiger charge is -2.23. The van der Waals surface area contributed by atoms with Crippen molar-refractivity contribution < 1.29 is 9.53 Å². The average Bonchev–Trinajstić information content (AvgIpc) is 2.31. The molecule has 0 unspecified atom stereocenters. The number of pyridine rings is 1. The maximum atomic E-state index is 10.7. The van der Waals surface area contributed by atoms with Crippen molar-refractivity contribution >= 4 is 6.29 Å². The molecule has 3 heteroatoms. The zero-order valence-corrected chi connectivity index (χ0v) is 8.69. The molecule has 0 saturated heterocycles. The summed E-state index contributed by atoms with van der Waals surface area (Å²) in [5, 5.41) is 0. The van der Waals surface area contributed by atoms with E-state index in [1.165, 1.54) is 19.3 Å². The third kappa shape index (κ3) is 2.55. The number of nitrogens with zero attached hydrogens (tertiary/aromatic N) is 1. The van der Waals surface area contributed by atoms with Gasteiger partial charge in [0, 0.05) is 12.4 Å². The Hall–Kier alpha value is -1.38. The van der Waals surface area contributed by atoms with E-state index in [2.05, 4.69) is 4.98 Å². The van der Waals surface area contributed by atoms with Crippen LogP contribution in [0.25, 0.3) is 0 Å². The quantitative estimate of drug-likeness (QED) is 0.712. The van der Waals surface area contributed by atoms with Crippen LogP contribution in [0.2, 0.25) is 0 Å². The Kier molecular flexibility index (Phi) is 3.33. The summed E-state index contributed by atoms with van der Waals surface area (Å²) in [7, 11) is 0. The maximum Gasteiger partial charge on any atom is 0.155 e. The highest BCUT2D eigenvalue weighted by Crippen LogP contribution is 2.24. The number of carbonyl (C=O) groups is 1. The molecule has 0 radical (unpaired) electrons. The summed E-state index contributed by atoms with van der Waals surface area (Å²) >= 11 is 0. The van der Waals surface area contributed by atoms with Crippen molar-refractivity contribution in [1.29, 1.82) is 0 Å². The highest BCUT2D eigenvalue weighted by molar-refractivity contribution is 5.78. The Balaban J connectivity index is 2.05. The summed E-state index contributed by atoms with van der Waals surface area (Å²) in [6, 6.07) is 1.76. The zero-order chi connectivity index (χ0) is 10.5. The van der Waals surface area contributed by atoms with Gasteiger partial charge in [-0.1, -0.05) is 6.42 Å². The first-order valence-corrected chi connectivity index (χ1v) is 5.46. The van der Waals surface area contributed by atoms with Gasteiger partial charge >= 0.3 is 0 Å². The summed E-state index contributed by atoms with van der Waals surface area (Å²) in [5.41, 5.74) is 0.545. The fourth-order valence-electron chi connectivity index (χ4n) is 1.95. The number of carbonyl (C=O) groups excluding carboxylic acids is 1. The first-order valence-electron chi connectivity index (χ1n) is 5.46. The van der Waals surface area contributed by atoms with Gasteiger partial charge in [0.05, 0.1) is 11.7 Å².